The molecule has 118 valence electrons. The van der Waals surface area contributed by atoms with E-state index < -0.39 is 11.6 Å². The molecule has 0 fully saturated rings. The molecule has 3 N–H and O–H groups in total. The van der Waals surface area contributed by atoms with E-state index in [-0.39, 0.29) is 21.7 Å². The van der Waals surface area contributed by atoms with Crippen LogP contribution in [0.1, 0.15) is 52.0 Å². The first kappa shape index (κ1) is 17.8. The summed E-state index contributed by atoms with van der Waals surface area (Å²) in [5, 5.41) is 2.88. The summed E-state index contributed by atoms with van der Waals surface area (Å²) in [4.78, 5) is -0.0146. The van der Waals surface area contributed by atoms with Crippen molar-refractivity contribution in [2.24, 2.45) is 11.1 Å². The Morgan fingerprint density at radius 3 is 2.29 bits per heavy atom. The number of halogens is 2. The first-order valence-electron chi connectivity index (χ1n) is 7.29. The molecule has 0 spiro atoms. The largest absolute Gasteiger partial charge is 0.389 e. The molecule has 0 amide bonds. The molecule has 0 radical (unpaired) electrons. The van der Waals surface area contributed by atoms with E-state index in [1.807, 2.05) is 0 Å². The van der Waals surface area contributed by atoms with Gasteiger partial charge in [-0.2, -0.15) is 0 Å². The van der Waals surface area contributed by atoms with Crippen LogP contribution in [0.25, 0.3) is 0 Å². The summed E-state index contributed by atoms with van der Waals surface area (Å²) in [6.07, 6.45) is 4.47. The summed E-state index contributed by atoms with van der Waals surface area (Å²) in [5.41, 5.74) is 5.46. The van der Waals surface area contributed by atoms with E-state index in [0.29, 0.717) is 6.54 Å². The van der Waals surface area contributed by atoms with Gasteiger partial charge in [-0.3, -0.25) is 0 Å². The minimum absolute atomic E-state index is 0.0146. The Hall–Kier alpha value is -1.23. The van der Waals surface area contributed by atoms with E-state index in [9.17, 15) is 8.78 Å². The average molecular weight is 314 g/mol. The number of anilines is 1. The lowest BCUT2D eigenvalue weighted by molar-refractivity contribution is 0.341. The predicted octanol–water partition coefficient (Wildman–Crippen LogP) is 4.62. The monoisotopic (exact) mass is 314 g/mol. The number of thiocarbonyl (C=S) groups is 1. The van der Waals surface area contributed by atoms with Crippen LogP contribution in [0, 0.1) is 17.0 Å². The summed E-state index contributed by atoms with van der Waals surface area (Å²) in [7, 11) is 0. The molecular formula is C16H24F2N2S. The highest BCUT2D eigenvalue weighted by Gasteiger charge is 2.19. The second kappa shape index (κ2) is 7.69. The Balaban J connectivity index is 2.73. The number of nitrogens with one attached hydrogen (secondary N) is 1. The van der Waals surface area contributed by atoms with Crippen LogP contribution in [0.2, 0.25) is 0 Å². The first-order chi connectivity index (χ1) is 9.76. The fourth-order valence-corrected chi connectivity index (χ4v) is 2.27. The minimum Gasteiger partial charge on any atom is -0.389 e. The molecule has 0 saturated carbocycles. The van der Waals surface area contributed by atoms with Crippen LogP contribution in [-0.2, 0) is 0 Å². The van der Waals surface area contributed by atoms with Gasteiger partial charge >= 0.3 is 0 Å². The highest BCUT2D eigenvalue weighted by Crippen LogP contribution is 2.27. The smallest absolute Gasteiger partial charge is 0.150 e. The zero-order valence-electron chi connectivity index (χ0n) is 12.9. The number of nitrogens with two attached hydrogens (primary N) is 1. The zero-order valence-corrected chi connectivity index (χ0v) is 13.7. The van der Waals surface area contributed by atoms with Crippen molar-refractivity contribution in [1.82, 2.24) is 0 Å². The molecule has 0 aliphatic carbocycles. The van der Waals surface area contributed by atoms with Gasteiger partial charge in [-0.25, -0.2) is 8.78 Å². The zero-order chi connectivity index (χ0) is 16.0. The van der Waals surface area contributed by atoms with Crippen LogP contribution in [-0.4, -0.2) is 11.5 Å². The summed E-state index contributed by atoms with van der Waals surface area (Å²) in [6.45, 7) is 6.85. The van der Waals surface area contributed by atoms with Crippen LogP contribution in [0.15, 0.2) is 12.1 Å². The van der Waals surface area contributed by atoms with Crippen LogP contribution in [0.4, 0.5) is 14.5 Å². The van der Waals surface area contributed by atoms with Gasteiger partial charge in [0.1, 0.15) is 22.3 Å². The molecule has 0 bridgehead atoms. The first-order valence-corrected chi connectivity index (χ1v) is 7.70. The topological polar surface area (TPSA) is 38.0 Å². The van der Waals surface area contributed by atoms with Gasteiger partial charge in [0.2, 0.25) is 0 Å². The van der Waals surface area contributed by atoms with Gasteiger partial charge < -0.3 is 11.1 Å². The summed E-state index contributed by atoms with van der Waals surface area (Å²) in [6, 6.07) is 2.33. The molecule has 5 heteroatoms. The Bertz CT molecular complexity index is 478. The molecule has 1 aromatic rings. The SMILES string of the molecule is CCCCCC(C)(C)CNc1c(F)cc(C(N)=S)cc1F. The lowest BCUT2D eigenvalue weighted by Gasteiger charge is -2.26. The van der Waals surface area contributed by atoms with Crippen LogP contribution < -0.4 is 11.1 Å². The molecule has 0 saturated heterocycles. The van der Waals surface area contributed by atoms with Crippen molar-refractivity contribution in [2.45, 2.75) is 46.5 Å². The molecule has 0 unspecified atom stereocenters. The van der Waals surface area contributed by atoms with Gasteiger partial charge in [0, 0.05) is 12.1 Å². The van der Waals surface area contributed by atoms with Gasteiger partial charge in [-0.05, 0) is 24.0 Å². The molecular weight excluding hydrogens is 290 g/mol. The van der Waals surface area contributed by atoms with Gasteiger partial charge in [-0.1, -0.05) is 52.3 Å². The highest BCUT2D eigenvalue weighted by molar-refractivity contribution is 7.80. The molecule has 0 heterocycles. The van der Waals surface area contributed by atoms with Crippen molar-refractivity contribution >= 4 is 22.9 Å². The highest BCUT2D eigenvalue weighted by atomic mass is 32.1. The molecule has 0 aromatic heterocycles. The third-order valence-electron chi connectivity index (χ3n) is 3.53. The molecule has 0 aliphatic heterocycles. The van der Waals surface area contributed by atoms with Crippen molar-refractivity contribution in [3.63, 3.8) is 0 Å². The van der Waals surface area contributed by atoms with Crippen molar-refractivity contribution < 1.29 is 8.78 Å². The average Bonchev–Trinajstić information content (AvgIpc) is 2.37. The van der Waals surface area contributed by atoms with Crippen LogP contribution in [0.5, 0.6) is 0 Å². The molecule has 21 heavy (non-hydrogen) atoms. The maximum Gasteiger partial charge on any atom is 0.150 e. The van der Waals surface area contributed by atoms with Crippen LogP contribution >= 0.6 is 12.2 Å². The third-order valence-corrected chi connectivity index (χ3v) is 3.76. The number of rotatable bonds is 8. The van der Waals surface area contributed by atoms with E-state index in [2.05, 4.69) is 26.1 Å². The van der Waals surface area contributed by atoms with Crippen molar-refractivity contribution in [1.29, 1.82) is 0 Å². The quantitative estimate of drug-likeness (QED) is 0.543. The molecule has 1 rings (SSSR count). The van der Waals surface area contributed by atoms with Gasteiger partial charge in [-0.15, -0.1) is 0 Å². The number of hydrogen-bond acceptors (Lipinski definition) is 2. The van der Waals surface area contributed by atoms with Crippen molar-refractivity contribution in [2.75, 3.05) is 11.9 Å². The molecule has 2 nitrogen and oxygen atoms in total. The molecule has 0 aliphatic rings. The summed E-state index contributed by atoms with van der Waals surface area (Å²) < 4.78 is 27.9. The molecule has 1 aromatic carbocycles. The third kappa shape index (κ3) is 5.58. The number of benzene rings is 1. The lowest BCUT2D eigenvalue weighted by atomic mass is 9.87. The normalized spacial score (nSPS) is 11.5. The number of hydrogen-bond donors (Lipinski definition) is 2. The second-order valence-corrected chi connectivity index (χ2v) is 6.59. The van der Waals surface area contributed by atoms with Gasteiger partial charge in [0.15, 0.2) is 0 Å². The van der Waals surface area contributed by atoms with E-state index in [1.165, 1.54) is 6.42 Å². The van der Waals surface area contributed by atoms with Crippen molar-refractivity contribution in [3.05, 3.63) is 29.3 Å². The maximum absolute atomic E-state index is 13.9. The van der Waals surface area contributed by atoms with E-state index in [0.717, 1.165) is 31.4 Å². The Kier molecular flexibility index (Phi) is 6.52. The molecule has 0 atom stereocenters. The Morgan fingerprint density at radius 2 is 1.81 bits per heavy atom. The summed E-state index contributed by atoms with van der Waals surface area (Å²) >= 11 is 4.73. The van der Waals surface area contributed by atoms with Gasteiger partial charge in [0.05, 0.1) is 0 Å². The lowest BCUT2D eigenvalue weighted by Crippen LogP contribution is -2.24. The standard InChI is InChI=1S/C16H24F2N2S/c1-4-5-6-7-16(2,3)10-20-14-12(17)8-11(15(19)21)9-13(14)18/h8-9,20H,4-7,10H2,1-3H3,(H2,19,21). The number of unbranched alkanes of at least 4 members (excludes halogenated alkanes) is 2. The fraction of sp³-hybridized carbons (Fsp3) is 0.562. The van der Waals surface area contributed by atoms with E-state index >= 15 is 0 Å². The Morgan fingerprint density at radius 1 is 1.24 bits per heavy atom. The summed E-state index contributed by atoms with van der Waals surface area (Å²) in [5.74, 6) is -1.33. The predicted molar refractivity (Wildman–Crippen MR) is 88.7 cm³/mol. The maximum atomic E-state index is 13.9. The second-order valence-electron chi connectivity index (χ2n) is 6.15. The Labute approximate surface area is 131 Å². The van der Waals surface area contributed by atoms with Crippen molar-refractivity contribution in [3.8, 4) is 0 Å². The van der Waals surface area contributed by atoms with E-state index in [1.54, 1.807) is 0 Å². The van der Waals surface area contributed by atoms with Crippen LogP contribution in [0.3, 0.4) is 0 Å². The fourth-order valence-electron chi connectivity index (χ4n) is 2.15. The van der Waals surface area contributed by atoms with E-state index in [4.69, 9.17) is 18.0 Å². The minimum atomic E-state index is -0.665. The van der Waals surface area contributed by atoms with Gasteiger partial charge in [0.25, 0.3) is 0 Å².